The van der Waals surface area contributed by atoms with Gasteiger partial charge in [0.25, 0.3) is 0 Å². The zero-order chi connectivity index (χ0) is 36.0. The van der Waals surface area contributed by atoms with Gasteiger partial charge in [0.15, 0.2) is 0 Å². The van der Waals surface area contributed by atoms with E-state index in [0.717, 1.165) is 6.42 Å². The largest absolute Gasteiger partial charge is 1.00 e. The summed E-state index contributed by atoms with van der Waals surface area (Å²) >= 11 is -2.84. The van der Waals surface area contributed by atoms with Crippen molar-refractivity contribution in [3.63, 3.8) is 0 Å². The molecule has 0 aromatic heterocycles. The number of hydrogen-bond donors (Lipinski definition) is 0. The average Bonchev–Trinajstić information content (AvgIpc) is 3.82. The molecule has 0 aliphatic heterocycles. The molecule has 270 valence electrons. The van der Waals surface area contributed by atoms with Crippen LogP contribution in [0, 0.1) is 0 Å². The zero-order valence-electron chi connectivity index (χ0n) is 32.1. The Kier molecular flexibility index (Phi) is 11.9. The number of rotatable bonds is 6. The van der Waals surface area contributed by atoms with Crippen LogP contribution in [-0.2, 0) is 38.5 Å². The van der Waals surface area contributed by atoms with E-state index in [2.05, 4.69) is 205 Å². The Morgan fingerprint density at radius 2 is 0.963 bits per heavy atom. The third-order valence-corrected chi connectivity index (χ3v) is 18.8. The van der Waals surface area contributed by atoms with E-state index in [4.69, 9.17) is 0 Å². The molecule has 0 saturated heterocycles. The van der Waals surface area contributed by atoms with Crippen molar-refractivity contribution in [1.82, 2.24) is 0 Å². The van der Waals surface area contributed by atoms with Crippen molar-refractivity contribution in [3.8, 4) is 33.4 Å². The first-order valence-corrected chi connectivity index (χ1v) is 22.6. The Morgan fingerprint density at radius 3 is 1.44 bits per heavy atom. The van der Waals surface area contributed by atoms with E-state index in [1.54, 1.807) is 12.0 Å². The van der Waals surface area contributed by atoms with Crippen LogP contribution in [0.15, 0.2) is 164 Å². The molecule has 0 amide bonds. The van der Waals surface area contributed by atoms with E-state index in [1.807, 2.05) is 0 Å². The summed E-state index contributed by atoms with van der Waals surface area (Å²) in [6.45, 7) is 14.1. The number of fused-ring (bicyclic) bond motifs is 3. The van der Waals surface area contributed by atoms with Gasteiger partial charge in [-0.25, -0.2) is 0 Å². The standard InChI is InChI=1S/C25H18.C21H25.C5H5.2ClH.Zr/c1-3-7-22(8-4-1)24-15-11-20(12-16-24)19-21-13-17-25(18-14-21)23-9-5-2-6-10-23;1-20(2,3)16-9-7-14-11-15-8-10-17(21(4,5)6)13-19(15)18(14)12-16;1-2-4-5-3-1;;;/h1-18H;7,9-10,12-13H,11H2,1-6H3;1-5H;2*1H;/q;;;;;+2/p-2. The van der Waals surface area contributed by atoms with Crippen LogP contribution in [-0.4, -0.2) is 3.21 Å². The third kappa shape index (κ3) is 7.93. The first-order chi connectivity index (χ1) is 25.0. The van der Waals surface area contributed by atoms with E-state index in [9.17, 15) is 0 Å². The molecular formula is C51H48Cl2Zr. The van der Waals surface area contributed by atoms with Crippen molar-refractivity contribution in [2.24, 2.45) is 0 Å². The van der Waals surface area contributed by atoms with Crippen molar-refractivity contribution in [2.75, 3.05) is 0 Å². The molecule has 6 aromatic carbocycles. The van der Waals surface area contributed by atoms with E-state index >= 15 is 0 Å². The molecular weight excluding hydrogens is 775 g/mol. The van der Waals surface area contributed by atoms with Gasteiger partial charge in [-0.1, -0.05) is 0 Å². The SMILES string of the molecule is CC(C)(C)c1ccc2c(c1)-c1cc(C(C)(C)C)c[c]([Zr+2](=[C](c3ccc(-c4ccccc4)cc3)c3ccc(-c4ccccc4)cc3)[CH]3C=CC=C3)c1C2.[Cl-].[Cl-]. The molecule has 2 aliphatic rings. The Balaban J connectivity index is 0.00000249. The van der Waals surface area contributed by atoms with Crippen molar-refractivity contribution in [3.05, 3.63) is 197 Å². The van der Waals surface area contributed by atoms with Crippen LogP contribution in [0.25, 0.3) is 33.4 Å². The smallest absolute Gasteiger partial charge is 1.00 e. The third-order valence-electron chi connectivity index (χ3n) is 11.0. The molecule has 0 heterocycles. The normalized spacial score (nSPS) is 13.0. The molecule has 6 aromatic rings. The van der Waals surface area contributed by atoms with Crippen LogP contribution in [0.1, 0.15) is 74.9 Å². The molecule has 0 bridgehead atoms. The summed E-state index contributed by atoms with van der Waals surface area (Å²) in [7, 11) is 0. The van der Waals surface area contributed by atoms with Gasteiger partial charge in [-0.15, -0.1) is 0 Å². The van der Waals surface area contributed by atoms with Crippen LogP contribution in [0.2, 0.25) is 3.63 Å². The Hall–Kier alpha value is -3.87. The summed E-state index contributed by atoms with van der Waals surface area (Å²) in [5, 5.41) is 0. The van der Waals surface area contributed by atoms with E-state index < -0.39 is 21.3 Å². The minimum atomic E-state index is -2.84. The Labute approximate surface area is 343 Å². The molecule has 0 radical (unpaired) electrons. The van der Waals surface area contributed by atoms with Crippen molar-refractivity contribution in [1.29, 1.82) is 0 Å². The molecule has 0 atom stereocenters. The second-order valence-electron chi connectivity index (χ2n) is 16.6. The van der Waals surface area contributed by atoms with Crippen molar-refractivity contribution >= 4 is 6.48 Å². The summed E-state index contributed by atoms with van der Waals surface area (Å²) in [6.07, 6.45) is 10.6. The van der Waals surface area contributed by atoms with Crippen LogP contribution in [0.4, 0.5) is 0 Å². The van der Waals surface area contributed by atoms with Crippen LogP contribution in [0.3, 0.4) is 0 Å². The van der Waals surface area contributed by atoms with Crippen LogP contribution < -0.4 is 28.1 Å². The maximum atomic E-state index is 2.65. The van der Waals surface area contributed by atoms with Gasteiger partial charge in [-0.05, 0) is 0 Å². The quantitative estimate of drug-likeness (QED) is 0.177. The minimum absolute atomic E-state index is 0. The summed E-state index contributed by atoms with van der Waals surface area (Å²) < 4.78 is 3.64. The summed E-state index contributed by atoms with van der Waals surface area (Å²) in [5.41, 5.74) is 16.7. The predicted octanol–water partition coefficient (Wildman–Crippen LogP) is 6.62. The first-order valence-electron chi connectivity index (χ1n) is 18.8. The van der Waals surface area contributed by atoms with Gasteiger partial charge in [-0.2, -0.15) is 0 Å². The monoisotopic (exact) mass is 820 g/mol. The molecule has 0 fully saturated rings. The van der Waals surface area contributed by atoms with Gasteiger partial charge >= 0.3 is 321 Å². The molecule has 0 spiro atoms. The Morgan fingerprint density at radius 1 is 0.500 bits per heavy atom. The van der Waals surface area contributed by atoms with Gasteiger partial charge in [-0.3, -0.25) is 0 Å². The molecule has 3 heteroatoms. The van der Waals surface area contributed by atoms with E-state index in [1.165, 1.54) is 61.2 Å². The topological polar surface area (TPSA) is 0 Å². The summed E-state index contributed by atoms with van der Waals surface area (Å²) in [6, 6.07) is 53.0. The fourth-order valence-electron chi connectivity index (χ4n) is 7.92. The zero-order valence-corrected chi connectivity index (χ0v) is 36.1. The molecule has 8 rings (SSSR count). The van der Waals surface area contributed by atoms with E-state index in [0.29, 0.717) is 3.63 Å². The molecule has 0 saturated carbocycles. The maximum absolute atomic E-state index is 2.84. The van der Waals surface area contributed by atoms with Gasteiger partial charge < -0.3 is 24.8 Å². The Bertz CT molecular complexity index is 2250. The summed E-state index contributed by atoms with van der Waals surface area (Å²) in [4.78, 5) is 0. The van der Waals surface area contributed by atoms with Gasteiger partial charge in [0, 0.05) is 0 Å². The minimum Gasteiger partial charge on any atom is -1.00 e. The predicted molar refractivity (Wildman–Crippen MR) is 221 cm³/mol. The molecule has 54 heavy (non-hydrogen) atoms. The first kappa shape index (κ1) is 39.8. The van der Waals surface area contributed by atoms with E-state index in [-0.39, 0.29) is 35.6 Å². The fraction of sp³-hybridized carbons (Fsp3) is 0.196. The number of benzene rings is 6. The molecule has 2 aliphatic carbocycles. The van der Waals surface area contributed by atoms with Gasteiger partial charge in [0.1, 0.15) is 0 Å². The average molecular weight is 823 g/mol. The second-order valence-corrected chi connectivity index (χ2v) is 22.8. The number of hydrogen-bond acceptors (Lipinski definition) is 0. The second kappa shape index (κ2) is 16.1. The van der Waals surface area contributed by atoms with Crippen LogP contribution in [0.5, 0.6) is 0 Å². The van der Waals surface area contributed by atoms with Crippen molar-refractivity contribution < 1.29 is 46.1 Å². The maximum Gasteiger partial charge on any atom is -1.00 e. The van der Waals surface area contributed by atoms with Gasteiger partial charge in [0.05, 0.1) is 0 Å². The molecule has 0 N–H and O–H groups in total. The summed E-state index contributed by atoms with van der Waals surface area (Å²) in [5.74, 6) is 0. The number of halogens is 2. The van der Waals surface area contributed by atoms with Crippen LogP contribution >= 0.6 is 0 Å². The number of allylic oxidation sites excluding steroid dienone is 4. The van der Waals surface area contributed by atoms with Gasteiger partial charge in [0.2, 0.25) is 0 Å². The molecule has 0 unspecified atom stereocenters. The molecule has 0 nitrogen and oxygen atoms in total. The van der Waals surface area contributed by atoms with Crippen molar-refractivity contribution in [2.45, 2.75) is 62.4 Å². The fourth-order valence-corrected chi connectivity index (χ4v) is 16.2.